The summed E-state index contributed by atoms with van der Waals surface area (Å²) in [6.45, 7) is 0. The Morgan fingerprint density at radius 1 is 0.444 bits per heavy atom. The van der Waals surface area contributed by atoms with Crippen LogP contribution in [0.25, 0.3) is 52.5 Å². The number of hydrogen-bond acceptors (Lipinski definition) is 2. The highest BCUT2D eigenvalue weighted by atomic mass is 32.1. The highest BCUT2D eigenvalue weighted by Gasteiger charge is 2.22. The van der Waals surface area contributed by atoms with Crippen LogP contribution in [0.3, 0.4) is 0 Å². The Bertz CT molecular complexity index is 2000. The molecule has 0 aliphatic carbocycles. The maximum atomic E-state index is 2.39. The van der Waals surface area contributed by atoms with Crippen molar-refractivity contribution >= 4 is 80.9 Å². The summed E-state index contributed by atoms with van der Waals surface area (Å²) in [6.07, 6.45) is 0. The maximum absolute atomic E-state index is 2.39. The zero-order chi connectivity index (χ0) is 23.6. The van der Waals surface area contributed by atoms with Crippen LogP contribution in [-0.4, -0.2) is 0 Å². The molecule has 0 radical (unpaired) electrons. The average molecular weight is 476 g/mol. The van der Waals surface area contributed by atoms with Gasteiger partial charge in [0.25, 0.3) is 0 Å². The fourth-order valence-electron chi connectivity index (χ4n) is 5.90. The predicted molar refractivity (Wildman–Crippen MR) is 158 cm³/mol. The largest absolute Gasteiger partial charge is 0.310 e. The minimum atomic E-state index is 1.16. The fraction of sp³-hybridized carbons (Fsp3) is 0. The van der Waals surface area contributed by atoms with Crippen molar-refractivity contribution in [2.45, 2.75) is 0 Å². The van der Waals surface area contributed by atoms with Gasteiger partial charge in [0.15, 0.2) is 0 Å². The van der Waals surface area contributed by atoms with E-state index < -0.39 is 0 Å². The lowest BCUT2D eigenvalue weighted by Crippen LogP contribution is -2.10. The van der Waals surface area contributed by atoms with Gasteiger partial charge < -0.3 is 4.90 Å². The summed E-state index contributed by atoms with van der Waals surface area (Å²) in [7, 11) is 0. The van der Waals surface area contributed by atoms with E-state index in [4.69, 9.17) is 0 Å². The van der Waals surface area contributed by atoms with Crippen molar-refractivity contribution in [2.24, 2.45) is 0 Å². The van der Waals surface area contributed by atoms with Gasteiger partial charge in [-0.15, -0.1) is 11.3 Å². The summed E-state index contributed by atoms with van der Waals surface area (Å²) >= 11 is 1.91. The highest BCUT2D eigenvalue weighted by Crippen LogP contribution is 2.50. The van der Waals surface area contributed by atoms with Crippen LogP contribution in [0.2, 0.25) is 0 Å². The van der Waals surface area contributed by atoms with Crippen LogP contribution in [0, 0.1) is 0 Å². The monoisotopic (exact) mass is 475 g/mol. The van der Waals surface area contributed by atoms with E-state index in [1.54, 1.807) is 0 Å². The second-order valence-electron chi connectivity index (χ2n) is 9.34. The minimum absolute atomic E-state index is 1.16. The molecule has 168 valence electrons. The molecule has 0 amide bonds. The van der Waals surface area contributed by atoms with E-state index in [0.717, 1.165) is 11.4 Å². The molecule has 0 fully saturated rings. The van der Waals surface area contributed by atoms with Gasteiger partial charge in [0.2, 0.25) is 0 Å². The molecule has 0 spiro atoms. The van der Waals surface area contributed by atoms with Crippen LogP contribution in [0.4, 0.5) is 17.1 Å². The van der Waals surface area contributed by atoms with Crippen LogP contribution in [0.5, 0.6) is 0 Å². The molecular weight excluding hydrogens is 454 g/mol. The molecular formula is C34H21NS. The fourth-order valence-corrected chi connectivity index (χ4v) is 7.14. The average Bonchev–Trinajstić information content (AvgIpc) is 3.34. The standard InChI is InChI=1S/C34H21NS/c1-3-12-23(13-4-1)35(24-14-5-2-6-15-24)29-21-22-11-9-18-27-31(22)32-25(29)17-10-19-28(32)34-33(27)26-16-7-8-20-30(26)36-34/h1-21H. The van der Waals surface area contributed by atoms with E-state index >= 15 is 0 Å². The molecule has 0 aliphatic heterocycles. The first-order chi connectivity index (χ1) is 17.9. The van der Waals surface area contributed by atoms with Crippen molar-refractivity contribution in [3.05, 3.63) is 127 Å². The second kappa shape index (κ2) is 7.55. The van der Waals surface area contributed by atoms with Gasteiger partial charge in [-0.1, -0.05) is 91.0 Å². The smallest absolute Gasteiger partial charge is 0.0546 e. The molecule has 8 rings (SSSR count). The number of hydrogen-bond donors (Lipinski definition) is 0. The first-order valence-corrected chi connectivity index (χ1v) is 13.1. The third-order valence-corrected chi connectivity index (χ3v) is 8.56. The summed E-state index contributed by atoms with van der Waals surface area (Å²) in [5, 5.41) is 10.7. The Kier molecular flexibility index (Phi) is 4.16. The summed E-state index contributed by atoms with van der Waals surface area (Å²) in [6, 6.07) is 46.2. The van der Waals surface area contributed by atoms with Crippen LogP contribution in [0.15, 0.2) is 127 Å². The topological polar surface area (TPSA) is 3.24 Å². The van der Waals surface area contributed by atoms with Crippen molar-refractivity contribution in [3.8, 4) is 0 Å². The lowest BCUT2D eigenvalue weighted by atomic mass is 9.90. The third kappa shape index (κ3) is 2.71. The van der Waals surface area contributed by atoms with E-state index in [9.17, 15) is 0 Å². The van der Waals surface area contributed by atoms with E-state index in [0.29, 0.717) is 0 Å². The molecule has 0 bridgehead atoms. The lowest BCUT2D eigenvalue weighted by Gasteiger charge is -2.28. The van der Waals surface area contributed by atoms with E-state index in [1.807, 2.05) is 11.3 Å². The number of para-hydroxylation sites is 2. The van der Waals surface area contributed by atoms with Gasteiger partial charge in [-0.2, -0.15) is 0 Å². The molecule has 1 nitrogen and oxygen atoms in total. The summed E-state index contributed by atoms with van der Waals surface area (Å²) in [5.41, 5.74) is 3.52. The number of benzene rings is 7. The van der Waals surface area contributed by atoms with Crippen molar-refractivity contribution in [2.75, 3.05) is 4.90 Å². The Morgan fingerprint density at radius 3 is 1.83 bits per heavy atom. The molecule has 0 unspecified atom stereocenters. The Morgan fingerprint density at radius 2 is 1.06 bits per heavy atom. The Balaban J connectivity index is 1.58. The lowest BCUT2D eigenvalue weighted by molar-refractivity contribution is 1.30. The van der Waals surface area contributed by atoms with Crippen molar-refractivity contribution in [1.29, 1.82) is 0 Å². The number of fused-ring (bicyclic) bond motifs is 5. The zero-order valence-electron chi connectivity index (χ0n) is 19.5. The number of rotatable bonds is 3. The van der Waals surface area contributed by atoms with Crippen LogP contribution in [0.1, 0.15) is 0 Å². The minimum Gasteiger partial charge on any atom is -0.310 e. The molecule has 0 saturated carbocycles. The van der Waals surface area contributed by atoms with Gasteiger partial charge in [-0.25, -0.2) is 0 Å². The molecule has 1 heterocycles. The molecule has 36 heavy (non-hydrogen) atoms. The maximum Gasteiger partial charge on any atom is 0.0546 e. The van der Waals surface area contributed by atoms with Crippen LogP contribution in [-0.2, 0) is 0 Å². The SMILES string of the molecule is c1ccc(N(c2ccccc2)c2cc3cccc4c5c6ccccc6sc5c5cccc2c5c34)cc1. The molecule has 2 heteroatoms. The summed E-state index contributed by atoms with van der Waals surface area (Å²) in [5.74, 6) is 0. The number of anilines is 3. The van der Waals surface area contributed by atoms with Gasteiger partial charge in [0.05, 0.1) is 5.69 Å². The molecule has 0 saturated heterocycles. The van der Waals surface area contributed by atoms with Gasteiger partial charge in [0.1, 0.15) is 0 Å². The van der Waals surface area contributed by atoms with Gasteiger partial charge in [-0.3, -0.25) is 0 Å². The van der Waals surface area contributed by atoms with Crippen LogP contribution < -0.4 is 4.90 Å². The van der Waals surface area contributed by atoms with Crippen LogP contribution >= 0.6 is 11.3 Å². The van der Waals surface area contributed by atoms with Crippen molar-refractivity contribution in [3.63, 3.8) is 0 Å². The summed E-state index contributed by atoms with van der Waals surface area (Å²) in [4.78, 5) is 2.39. The van der Waals surface area contributed by atoms with E-state index in [-0.39, 0.29) is 0 Å². The van der Waals surface area contributed by atoms with Gasteiger partial charge >= 0.3 is 0 Å². The second-order valence-corrected chi connectivity index (χ2v) is 10.4. The third-order valence-electron chi connectivity index (χ3n) is 7.36. The molecule has 1 aromatic heterocycles. The first-order valence-electron chi connectivity index (χ1n) is 12.3. The molecule has 7 aromatic carbocycles. The van der Waals surface area contributed by atoms with E-state index in [2.05, 4.69) is 132 Å². The molecule has 0 atom stereocenters. The number of nitrogens with zero attached hydrogens (tertiary/aromatic N) is 1. The highest BCUT2D eigenvalue weighted by molar-refractivity contribution is 7.27. The predicted octanol–water partition coefficient (Wildman–Crippen LogP) is 10.4. The molecule has 8 aromatic rings. The van der Waals surface area contributed by atoms with Gasteiger partial charge in [-0.05, 0) is 52.6 Å². The summed E-state index contributed by atoms with van der Waals surface area (Å²) < 4.78 is 2.73. The van der Waals surface area contributed by atoms with E-state index in [1.165, 1.54) is 58.2 Å². The Labute approximate surface area is 212 Å². The Hall–Kier alpha value is -4.40. The number of thiophene rings is 1. The van der Waals surface area contributed by atoms with Crippen molar-refractivity contribution < 1.29 is 0 Å². The quantitative estimate of drug-likeness (QED) is 0.230. The zero-order valence-corrected chi connectivity index (χ0v) is 20.3. The van der Waals surface area contributed by atoms with Crippen molar-refractivity contribution in [1.82, 2.24) is 0 Å². The van der Waals surface area contributed by atoms with Gasteiger partial charge in [0, 0.05) is 47.7 Å². The molecule has 0 aliphatic rings. The molecule has 0 N–H and O–H groups in total. The first kappa shape index (κ1) is 19.9. The normalized spacial score (nSPS) is 11.9.